The van der Waals surface area contributed by atoms with Crippen LogP contribution in [0.1, 0.15) is 26.7 Å². The Kier molecular flexibility index (Phi) is 5.66. The first kappa shape index (κ1) is 12.4. The molecule has 0 heterocycles. The van der Waals surface area contributed by atoms with Crippen LogP contribution in [0, 0.1) is 11.8 Å². The second kappa shape index (κ2) is 5.94. The van der Waals surface area contributed by atoms with Crippen molar-refractivity contribution < 1.29 is 20.1 Å². The highest BCUT2D eigenvalue weighted by molar-refractivity contribution is 5.70. The molecule has 0 amide bonds. The molecule has 13 heavy (non-hydrogen) atoms. The van der Waals surface area contributed by atoms with Crippen molar-refractivity contribution in [3.05, 3.63) is 0 Å². The van der Waals surface area contributed by atoms with Gasteiger partial charge in [0.25, 0.3) is 0 Å². The topological polar surface area (TPSA) is 77.8 Å². The Morgan fingerprint density at radius 2 is 1.85 bits per heavy atom. The highest BCUT2D eigenvalue weighted by Crippen LogP contribution is 2.18. The van der Waals surface area contributed by atoms with E-state index in [4.69, 9.17) is 15.3 Å². The maximum atomic E-state index is 10.7. The molecule has 78 valence electrons. The monoisotopic (exact) mass is 190 g/mol. The summed E-state index contributed by atoms with van der Waals surface area (Å²) in [6.45, 7) is 3.37. The third-order valence-electron chi connectivity index (χ3n) is 2.14. The van der Waals surface area contributed by atoms with Crippen molar-refractivity contribution in [2.75, 3.05) is 6.61 Å². The lowest BCUT2D eigenvalue weighted by Gasteiger charge is -2.17. The lowest BCUT2D eigenvalue weighted by molar-refractivity contribution is -0.143. The molecule has 0 saturated carbocycles. The molecule has 0 aromatic heterocycles. The van der Waals surface area contributed by atoms with Gasteiger partial charge < -0.3 is 15.3 Å². The molecule has 0 fully saturated rings. The summed E-state index contributed by atoms with van der Waals surface area (Å²) in [6, 6.07) is 0. The average Bonchev–Trinajstić information content (AvgIpc) is 2.03. The maximum Gasteiger partial charge on any atom is 0.306 e. The van der Waals surface area contributed by atoms with E-state index < -0.39 is 18.0 Å². The molecular weight excluding hydrogens is 172 g/mol. The summed E-state index contributed by atoms with van der Waals surface area (Å²) in [5.74, 6) is -1.20. The van der Waals surface area contributed by atoms with Crippen molar-refractivity contribution in [1.29, 1.82) is 0 Å². The Morgan fingerprint density at radius 3 is 2.15 bits per heavy atom. The largest absolute Gasteiger partial charge is 0.481 e. The highest BCUT2D eigenvalue weighted by atomic mass is 16.4. The van der Waals surface area contributed by atoms with Crippen LogP contribution in [-0.2, 0) is 4.79 Å². The van der Waals surface area contributed by atoms with Gasteiger partial charge in [0.2, 0.25) is 0 Å². The fraction of sp³-hybridized carbons (Fsp3) is 0.889. The van der Waals surface area contributed by atoms with Gasteiger partial charge in [-0.25, -0.2) is 0 Å². The van der Waals surface area contributed by atoms with Gasteiger partial charge in [-0.15, -0.1) is 0 Å². The van der Waals surface area contributed by atoms with Gasteiger partial charge in [0.05, 0.1) is 18.6 Å². The fourth-order valence-electron chi connectivity index (χ4n) is 1.21. The lowest BCUT2D eigenvalue weighted by atomic mass is 9.90. The summed E-state index contributed by atoms with van der Waals surface area (Å²) >= 11 is 0. The molecule has 0 aliphatic carbocycles. The van der Waals surface area contributed by atoms with Crippen molar-refractivity contribution in [2.45, 2.75) is 32.8 Å². The molecule has 0 bridgehead atoms. The van der Waals surface area contributed by atoms with Crippen molar-refractivity contribution in [2.24, 2.45) is 11.8 Å². The SMILES string of the molecule is CC(C)[C@H](CC[C@H](O)CO)C(=O)O. The van der Waals surface area contributed by atoms with Gasteiger partial charge in [0, 0.05) is 0 Å². The average molecular weight is 190 g/mol. The minimum Gasteiger partial charge on any atom is -0.481 e. The zero-order valence-electron chi connectivity index (χ0n) is 8.10. The Morgan fingerprint density at radius 1 is 1.31 bits per heavy atom. The summed E-state index contributed by atoms with van der Waals surface area (Å²) in [5, 5.41) is 26.3. The summed E-state index contributed by atoms with van der Waals surface area (Å²) in [4.78, 5) is 10.7. The summed E-state index contributed by atoms with van der Waals surface area (Å²) in [5.41, 5.74) is 0. The quantitative estimate of drug-likeness (QED) is 0.569. The zero-order valence-corrected chi connectivity index (χ0v) is 8.10. The van der Waals surface area contributed by atoms with E-state index in [9.17, 15) is 4.79 Å². The molecule has 0 aliphatic rings. The first-order valence-electron chi connectivity index (χ1n) is 4.50. The van der Waals surface area contributed by atoms with Crippen LogP contribution >= 0.6 is 0 Å². The number of aliphatic hydroxyl groups excluding tert-OH is 2. The first-order chi connectivity index (χ1) is 5.99. The normalized spacial score (nSPS) is 15.8. The first-order valence-corrected chi connectivity index (χ1v) is 4.50. The lowest BCUT2D eigenvalue weighted by Crippen LogP contribution is -2.22. The Labute approximate surface area is 78.2 Å². The molecule has 0 unspecified atom stereocenters. The highest BCUT2D eigenvalue weighted by Gasteiger charge is 2.21. The van der Waals surface area contributed by atoms with Crippen molar-refractivity contribution in [3.63, 3.8) is 0 Å². The van der Waals surface area contributed by atoms with Crippen LogP contribution in [-0.4, -0.2) is 34.0 Å². The van der Waals surface area contributed by atoms with Crippen LogP contribution in [0.15, 0.2) is 0 Å². The van der Waals surface area contributed by atoms with E-state index in [0.717, 1.165) is 0 Å². The van der Waals surface area contributed by atoms with E-state index >= 15 is 0 Å². The maximum absolute atomic E-state index is 10.7. The molecule has 0 saturated heterocycles. The van der Waals surface area contributed by atoms with E-state index in [2.05, 4.69) is 0 Å². The minimum absolute atomic E-state index is 0.0587. The van der Waals surface area contributed by atoms with Gasteiger partial charge in [0.15, 0.2) is 0 Å². The summed E-state index contributed by atoms with van der Waals surface area (Å²) < 4.78 is 0. The fourth-order valence-corrected chi connectivity index (χ4v) is 1.21. The third kappa shape index (κ3) is 4.85. The van der Waals surface area contributed by atoms with Crippen LogP contribution in [0.2, 0.25) is 0 Å². The zero-order chi connectivity index (χ0) is 10.4. The number of carboxylic acid groups (broad SMARTS) is 1. The van der Waals surface area contributed by atoms with Gasteiger partial charge in [-0.3, -0.25) is 4.79 Å². The van der Waals surface area contributed by atoms with Gasteiger partial charge in [0.1, 0.15) is 0 Å². The number of aliphatic carboxylic acids is 1. The van der Waals surface area contributed by atoms with E-state index in [0.29, 0.717) is 12.8 Å². The molecule has 0 radical (unpaired) electrons. The Hall–Kier alpha value is -0.610. The molecule has 0 aromatic carbocycles. The second-order valence-electron chi connectivity index (χ2n) is 3.60. The Bertz CT molecular complexity index is 156. The Balaban J connectivity index is 3.90. The van der Waals surface area contributed by atoms with Crippen LogP contribution in [0.3, 0.4) is 0 Å². The number of carboxylic acids is 1. The summed E-state index contributed by atoms with van der Waals surface area (Å²) in [6.07, 6.45) is -0.0407. The van der Waals surface area contributed by atoms with Crippen molar-refractivity contribution in [3.8, 4) is 0 Å². The molecule has 0 aromatic rings. The van der Waals surface area contributed by atoms with Crippen LogP contribution in [0.4, 0.5) is 0 Å². The van der Waals surface area contributed by atoms with Crippen LogP contribution in [0.5, 0.6) is 0 Å². The molecule has 4 heteroatoms. The van der Waals surface area contributed by atoms with Crippen LogP contribution < -0.4 is 0 Å². The predicted octanol–water partition coefficient (Wildman–Crippen LogP) is 0.477. The van der Waals surface area contributed by atoms with Crippen molar-refractivity contribution >= 4 is 5.97 Å². The molecular formula is C9H18O4. The third-order valence-corrected chi connectivity index (χ3v) is 2.14. The number of carbonyl (C=O) groups is 1. The van der Waals surface area contributed by atoms with Gasteiger partial charge >= 0.3 is 5.97 Å². The summed E-state index contributed by atoms with van der Waals surface area (Å²) in [7, 11) is 0. The molecule has 0 spiro atoms. The standard InChI is InChI=1S/C9H18O4/c1-6(2)8(9(12)13)4-3-7(11)5-10/h6-8,10-11H,3-5H2,1-2H3,(H,12,13)/t7-,8-/m0/s1. The van der Waals surface area contributed by atoms with Crippen LogP contribution in [0.25, 0.3) is 0 Å². The number of rotatable bonds is 6. The predicted molar refractivity (Wildman–Crippen MR) is 48.3 cm³/mol. The van der Waals surface area contributed by atoms with E-state index in [-0.39, 0.29) is 12.5 Å². The van der Waals surface area contributed by atoms with Crippen molar-refractivity contribution in [1.82, 2.24) is 0 Å². The minimum atomic E-state index is -0.833. The van der Waals surface area contributed by atoms with E-state index in [1.165, 1.54) is 0 Å². The van der Waals surface area contributed by atoms with Gasteiger partial charge in [-0.05, 0) is 18.8 Å². The smallest absolute Gasteiger partial charge is 0.306 e. The van der Waals surface area contributed by atoms with Gasteiger partial charge in [-0.2, -0.15) is 0 Å². The molecule has 0 rings (SSSR count). The van der Waals surface area contributed by atoms with E-state index in [1.807, 2.05) is 13.8 Å². The number of aliphatic hydroxyl groups is 2. The molecule has 0 aliphatic heterocycles. The second-order valence-corrected chi connectivity index (χ2v) is 3.60. The van der Waals surface area contributed by atoms with Gasteiger partial charge in [-0.1, -0.05) is 13.8 Å². The molecule has 2 atom stereocenters. The molecule has 4 nitrogen and oxygen atoms in total. The van der Waals surface area contributed by atoms with E-state index in [1.54, 1.807) is 0 Å². The number of hydrogen-bond donors (Lipinski definition) is 3. The number of hydrogen-bond acceptors (Lipinski definition) is 3. The molecule has 3 N–H and O–H groups in total.